The molecular weight excluding hydrogens is 285 g/mol. The summed E-state index contributed by atoms with van der Waals surface area (Å²) >= 11 is 5.72. The van der Waals surface area contributed by atoms with E-state index in [1.807, 2.05) is 0 Å². The molecule has 0 radical (unpaired) electrons. The van der Waals surface area contributed by atoms with Gasteiger partial charge in [0.1, 0.15) is 17.3 Å². The maximum absolute atomic E-state index is 13.8. The van der Waals surface area contributed by atoms with E-state index in [9.17, 15) is 4.39 Å². The van der Waals surface area contributed by atoms with E-state index < -0.39 is 5.82 Å². The highest BCUT2D eigenvalue weighted by Gasteiger charge is 2.14. The quantitative estimate of drug-likeness (QED) is 0.773. The number of hydrogen-bond donors (Lipinski definition) is 2. The number of nitrogens with one attached hydrogen (secondary N) is 1. The molecule has 0 saturated carbocycles. The number of aromatic nitrogens is 4. The van der Waals surface area contributed by atoms with Gasteiger partial charge in [0.15, 0.2) is 5.82 Å². The molecule has 20 heavy (non-hydrogen) atoms. The number of rotatable bonds is 3. The summed E-state index contributed by atoms with van der Waals surface area (Å²) in [7, 11) is 0. The lowest BCUT2D eigenvalue weighted by Gasteiger charge is -2.00. The maximum atomic E-state index is 13.8. The van der Waals surface area contributed by atoms with Crippen molar-refractivity contribution in [2.24, 2.45) is 0 Å². The van der Waals surface area contributed by atoms with E-state index in [2.05, 4.69) is 20.3 Å². The van der Waals surface area contributed by atoms with E-state index in [-0.39, 0.29) is 17.3 Å². The summed E-state index contributed by atoms with van der Waals surface area (Å²) in [6, 6.07) is 6.33. The summed E-state index contributed by atoms with van der Waals surface area (Å²) in [5.41, 5.74) is 6.39. The van der Waals surface area contributed by atoms with Gasteiger partial charge in [-0.05, 0) is 11.6 Å². The Morgan fingerprint density at radius 2 is 2.25 bits per heavy atom. The van der Waals surface area contributed by atoms with E-state index in [4.69, 9.17) is 21.9 Å². The van der Waals surface area contributed by atoms with Crippen molar-refractivity contribution in [2.45, 2.75) is 6.42 Å². The van der Waals surface area contributed by atoms with Crippen LogP contribution in [0.3, 0.4) is 0 Å². The topological polar surface area (TPSA) is 93.6 Å². The number of anilines is 1. The van der Waals surface area contributed by atoms with Gasteiger partial charge in [-0.2, -0.15) is 10.1 Å². The Balaban J connectivity index is 1.86. The van der Waals surface area contributed by atoms with Crippen molar-refractivity contribution in [3.05, 3.63) is 46.5 Å². The van der Waals surface area contributed by atoms with Crippen LogP contribution in [0.15, 0.2) is 28.8 Å². The zero-order chi connectivity index (χ0) is 14.1. The standard InChI is InChI=1S/C12H9ClFN5O/c13-7-3-1-2-6(11(7)14)4-10-16-12(20-19-10)8-5-9(15)18-17-8/h1-3,5H,4H2,(H3,15,17,18). The van der Waals surface area contributed by atoms with Crippen molar-refractivity contribution < 1.29 is 8.91 Å². The van der Waals surface area contributed by atoms with Crippen LogP contribution >= 0.6 is 11.6 Å². The molecule has 0 aliphatic carbocycles. The molecule has 8 heteroatoms. The highest BCUT2D eigenvalue weighted by Crippen LogP contribution is 2.21. The zero-order valence-electron chi connectivity index (χ0n) is 10.1. The second-order valence-corrected chi connectivity index (χ2v) is 4.52. The molecule has 0 fully saturated rings. The van der Waals surface area contributed by atoms with Crippen LogP contribution in [0.25, 0.3) is 11.6 Å². The molecule has 0 saturated heterocycles. The molecule has 0 amide bonds. The minimum atomic E-state index is -0.480. The van der Waals surface area contributed by atoms with Gasteiger partial charge >= 0.3 is 0 Å². The van der Waals surface area contributed by atoms with Crippen molar-refractivity contribution in [2.75, 3.05) is 5.73 Å². The molecule has 6 nitrogen and oxygen atoms in total. The molecule has 3 rings (SSSR count). The Morgan fingerprint density at radius 1 is 1.40 bits per heavy atom. The van der Waals surface area contributed by atoms with Crippen LogP contribution in [0.2, 0.25) is 5.02 Å². The summed E-state index contributed by atoms with van der Waals surface area (Å²) in [4.78, 5) is 4.15. The van der Waals surface area contributed by atoms with Gasteiger partial charge < -0.3 is 10.3 Å². The van der Waals surface area contributed by atoms with Gasteiger partial charge in [-0.25, -0.2) is 4.39 Å². The van der Waals surface area contributed by atoms with Gasteiger partial charge in [0.2, 0.25) is 0 Å². The first-order valence-electron chi connectivity index (χ1n) is 5.70. The first-order chi connectivity index (χ1) is 9.63. The molecule has 0 bridgehead atoms. The minimum absolute atomic E-state index is 0.0626. The van der Waals surface area contributed by atoms with Crippen LogP contribution in [-0.2, 0) is 6.42 Å². The molecular formula is C12H9ClFN5O. The summed E-state index contributed by atoms with van der Waals surface area (Å²) < 4.78 is 18.8. The van der Waals surface area contributed by atoms with Crippen LogP contribution in [-0.4, -0.2) is 20.3 Å². The SMILES string of the molecule is Nc1cc(-c2nc(Cc3cccc(Cl)c3F)no2)[nH]n1. The van der Waals surface area contributed by atoms with E-state index in [1.54, 1.807) is 18.2 Å². The molecule has 102 valence electrons. The maximum Gasteiger partial charge on any atom is 0.276 e. The normalized spacial score (nSPS) is 10.9. The third kappa shape index (κ3) is 2.35. The van der Waals surface area contributed by atoms with Crippen LogP contribution < -0.4 is 5.73 Å². The number of nitrogen functional groups attached to an aromatic ring is 1. The lowest BCUT2D eigenvalue weighted by Crippen LogP contribution is -1.95. The van der Waals surface area contributed by atoms with E-state index >= 15 is 0 Å². The molecule has 0 aliphatic heterocycles. The first-order valence-corrected chi connectivity index (χ1v) is 6.08. The monoisotopic (exact) mass is 293 g/mol. The number of hydrogen-bond acceptors (Lipinski definition) is 5. The number of nitrogens with two attached hydrogens (primary N) is 1. The predicted octanol–water partition coefficient (Wildman–Crippen LogP) is 2.43. The number of H-pyrrole nitrogens is 1. The zero-order valence-corrected chi connectivity index (χ0v) is 10.9. The average molecular weight is 294 g/mol. The Morgan fingerprint density at radius 3 is 3.00 bits per heavy atom. The lowest BCUT2D eigenvalue weighted by molar-refractivity contribution is 0.422. The van der Waals surface area contributed by atoms with Gasteiger partial charge in [-0.1, -0.05) is 28.9 Å². The molecule has 0 atom stereocenters. The number of benzene rings is 1. The summed E-state index contributed by atoms with van der Waals surface area (Å²) in [6.45, 7) is 0. The molecule has 3 aromatic rings. The van der Waals surface area contributed by atoms with Gasteiger partial charge in [0, 0.05) is 12.5 Å². The van der Waals surface area contributed by atoms with E-state index in [1.165, 1.54) is 6.07 Å². The molecule has 0 unspecified atom stereocenters. The third-order valence-electron chi connectivity index (χ3n) is 2.68. The first kappa shape index (κ1) is 12.6. The molecule has 2 heterocycles. The number of nitrogens with zero attached hydrogens (tertiary/aromatic N) is 3. The Labute approximate surface area is 117 Å². The fraction of sp³-hybridized carbons (Fsp3) is 0.0833. The van der Waals surface area contributed by atoms with Crippen LogP contribution in [0.4, 0.5) is 10.2 Å². The molecule has 0 spiro atoms. The lowest BCUT2D eigenvalue weighted by atomic mass is 10.1. The van der Waals surface area contributed by atoms with Crippen molar-refractivity contribution in [1.82, 2.24) is 20.3 Å². The van der Waals surface area contributed by atoms with Gasteiger partial charge in [0.05, 0.1) is 5.02 Å². The van der Waals surface area contributed by atoms with Gasteiger partial charge in [0.25, 0.3) is 5.89 Å². The van der Waals surface area contributed by atoms with Crippen LogP contribution in [0, 0.1) is 5.82 Å². The van der Waals surface area contributed by atoms with Crippen molar-refractivity contribution >= 4 is 17.4 Å². The summed E-state index contributed by atoms with van der Waals surface area (Å²) in [6.07, 6.45) is 0.180. The second kappa shape index (κ2) is 4.93. The molecule has 1 aromatic carbocycles. The van der Waals surface area contributed by atoms with E-state index in [0.717, 1.165) is 0 Å². The Kier molecular flexibility index (Phi) is 3.11. The second-order valence-electron chi connectivity index (χ2n) is 4.11. The van der Waals surface area contributed by atoms with Gasteiger partial charge in [-0.3, -0.25) is 5.10 Å². The largest absolute Gasteiger partial charge is 0.382 e. The van der Waals surface area contributed by atoms with E-state index in [0.29, 0.717) is 22.9 Å². The van der Waals surface area contributed by atoms with Crippen molar-refractivity contribution in [3.63, 3.8) is 0 Å². The number of halogens is 2. The third-order valence-corrected chi connectivity index (χ3v) is 2.97. The average Bonchev–Trinajstić information content (AvgIpc) is 3.04. The fourth-order valence-electron chi connectivity index (χ4n) is 1.74. The molecule has 2 aromatic heterocycles. The van der Waals surface area contributed by atoms with Gasteiger partial charge in [-0.15, -0.1) is 0 Å². The minimum Gasteiger partial charge on any atom is -0.382 e. The highest BCUT2D eigenvalue weighted by atomic mass is 35.5. The van der Waals surface area contributed by atoms with Crippen molar-refractivity contribution in [3.8, 4) is 11.6 Å². The van der Waals surface area contributed by atoms with Crippen LogP contribution in [0.1, 0.15) is 11.4 Å². The predicted molar refractivity (Wildman–Crippen MR) is 70.5 cm³/mol. The molecule has 0 aliphatic rings. The Bertz CT molecular complexity index is 754. The summed E-state index contributed by atoms with van der Waals surface area (Å²) in [5.74, 6) is 0.424. The fourth-order valence-corrected chi connectivity index (χ4v) is 1.93. The summed E-state index contributed by atoms with van der Waals surface area (Å²) in [5, 5.41) is 10.3. The Hall–Kier alpha value is -2.41. The highest BCUT2D eigenvalue weighted by molar-refractivity contribution is 6.30. The van der Waals surface area contributed by atoms with Crippen LogP contribution in [0.5, 0.6) is 0 Å². The smallest absolute Gasteiger partial charge is 0.276 e. The van der Waals surface area contributed by atoms with Crippen molar-refractivity contribution in [1.29, 1.82) is 0 Å². The number of aromatic amines is 1. The molecule has 3 N–H and O–H groups in total.